The van der Waals surface area contributed by atoms with Crippen molar-refractivity contribution < 1.29 is 9.13 Å². The standard InChI is InChI=1S/C15H14FN3O/c1-19(2)15-11(8-17)6-12(9-18-15)10-4-5-14(20-3)13(16)7-10/h4-7,9H,1-3H3. The van der Waals surface area contributed by atoms with Gasteiger partial charge in [-0.25, -0.2) is 9.37 Å². The Morgan fingerprint density at radius 2 is 2.00 bits per heavy atom. The number of hydrogen-bond acceptors (Lipinski definition) is 4. The molecule has 0 radical (unpaired) electrons. The van der Waals surface area contributed by atoms with Crippen LogP contribution in [0.25, 0.3) is 11.1 Å². The highest BCUT2D eigenvalue weighted by Crippen LogP contribution is 2.27. The van der Waals surface area contributed by atoms with Crippen LogP contribution in [-0.2, 0) is 0 Å². The molecule has 0 fully saturated rings. The molecule has 0 spiro atoms. The molecule has 20 heavy (non-hydrogen) atoms. The maximum absolute atomic E-state index is 13.7. The van der Waals surface area contributed by atoms with Gasteiger partial charge in [-0.3, -0.25) is 0 Å². The van der Waals surface area contributed by atoms with Crippen LogP contribution in [0.5, 0.6) is 5.75 Å². The number of anilines is 1. The number of ether oxygens (including phenoxy) is 1. The van der Waals surface area contributed by atoms with E-state index >= 15 is 0 Å². The predicted octanol–water partition coefficient (Wildman–Crippen LogP) is 2.83. The van der Waals surface area contributed by atoms with Crippen molar-refractivity contribution in [3.05, 3.63) is 41.8 Å². The second kappa shape index (κ2) is 5.57. The average Bonchev–Trinajstić information content (AvgIpc) is 2.46. The molecule has 0 unspecified atom stereocenters. The molecule has 102 valence electrons. The van der Waals surface area contributed by atoms with E-state index in [9.17, 15) is 4.39 Å². The first-order valence-electron chi connectivity index (χ1n) is 5.98. The summed E-state index contributed by atoms with van der Waals surface area (Å²) < 4.78 is 18.6. The number of pyridine rings is 1. The number of hydrogen-bond donors (Lipinski definition) is 0. The second-order valence-corrected chi connectivity index (χ2v) is 4.45. The minimum atomic E-state index is -0.444. The van der Waals surface area contributed by atoms with E-state index in [1.165, 1.54) is 13.2 Å². The third kappa shape index (κ3) is 2.54. The second-order valence-electron chi connectivity index (χ2n) is 4.45. The molecule has 1 heterocycles. The summed E-state index contributed by atoms with van der Waals surface area (Å²) in [6, 6.07) is 8.45. The molecule has 4 nitrogen and oxygen atoms in total. The lowest BCUT2D eigenvalue weighted by molar-refractivity contribution is 0.386. The van der Waals surface area contributed by atoms with Gasteiger partial charge in [-0.05, 0) is 23.8 Å². The number of rotatable bonds is 3. The topological polar surface area (TPSA) is 49.1 Å². The first-order valence-corrected chi connectivity index (χ1v) is 5.98. The Balaban J connectivity index is 2.49. The molecule has 1 aromatic carbocycles. The lowest BCUT2D eigenvalue weighted by Crippen LogP contribution is -2.12. The first kappa shape index (κ1) is 13.8. The van der Waals surface area contributed by atoms with Crippen molar-refractivity contribution in [2.45, 2.75) is 0 Å². The predicted molar refractivity (Wildman–Crippen MR) is 75.2 cm³/mol. The summed E-state index contributed by atoms with van der Waals surface area (Å²) in [6.45, 7) is 0. The Kier molecular flexibility index (Phi) is 3.85. The van der Waals surface area contributed by atoms with Crippen molar-refractivity contribution in [1.82, 2.24) is 4.98 Å². The Bertz CT molecular complexity index is 677. The Morgan fingerprint density at radius 3 is 2.55 bits per heavy atom. The van der Waals surface area contributed by atoms with Gasteiger partial charge in [0, 0.05) is 25.9 Å². The van der Waals surface area contributed by atoms with Gasteiger partial charge < -0.3 is 9.64 Å². The van der Waals surface area contributed by atoms with Crippen LogP contribution in [-0.4, -0.2) is 26.2 Å². The molecule has 0 aliphatic carbocycles. The van der Waals surface area contributed by atoms with Crippen LogP contribution in [0.4, 0.5) is 10.2 Å². The summed E-state index contributed by atoms with van der Waals surface area (Å²) >= 11 is 0. The van der Waals surface area contributed by atoms with Crippen LogP contribution in [0.3, 0.4) is 0 Å². The summed E-state index contributed by atoms with van der Waals surface area (Å²) in [5.74, 6) is 0.331. The third-order valence-corrected chi connectivity index (χ3v) is 2.90. The summed E-state index contributed by atoms with van der Waals surface area (Å²) in [5, 5.41) is 9.16. The van der Waals surface area contributed by atoms with Crippen LogP contribution in [0.15, 0.2) is 30.5 Å². The van der Waals surface area contributed by atoms with Gasteiger partial charge >= 0.3 is 0 Å². The van der Waals surface area contributed by atoms with Crippen molar-refractivity contribution in [1.29, 1.82) is 5.26 Å². The monoisotopic (exact) mass is 271 g/mol. The molecular formula is C15H14FN3O. The summed E-state index contributed by atoms with van der Waals surface area (Å²) in [7, 11) is 5.05. The Hall–Kier alpha value is -2.61. The molecule has 0 aliphatic rings. The van der Waals surface area contributed by atoms with Crippen LogP contribution in [0.1, 0.15) is 5.56 Å². The molecule has 2 aromatic rings. The minimum Gasteiger partial charge on any atom is -0.494 e. The average molecular weight is 271 g/mol. The molecule has 5 heteroatoms. The van der Waals surface area contributed by atoms with Crippen LogP contribution in [0.2, 0.25) is 0 Å². The van der Waals surface area contributed by atoms with Crippen LogP contribution >= 0.6 is 0 Å². The quantitative estimate of drug-likeness (QED) is 0.861. The molecule has 0 bridgehead atoms. The number of benzene rings is 1. The fraction of sp³-hybridized carbons (Fsp3) is 0.200. The van der Waals surface area contributed by atoms with E-state index in [0.717, 1.165) is 0 Å². The van der Waals surface area contributed by atoms with Gasteiger partial charge in [0.1, 0.15) is 11.9 Å². The van der Waals surface area contributed by atoms with Crippen molar-refractivity contribution in [3.8, 4) is 22.9 Å². The fourth-order valence-corrected chi connectivity index (χ4v) is 1.90. The number of aromatic nitrogens is 1. The molecule has 0 atom stereocenters. The molecule has 0 amide bonds. The number of nitriles is 1. The largest absolute Gasteiger partial charge is 0.494 e. The summed E-state index contributed by atoms with van der Waals surface area (Å²) in [6.07, 6.45) is 1.62. The van der Waals surface area contributed by atoms with Gasteiger partial charge in [0.2, 0.25) is 0 Å². The van der Waals surface area contributed by atoms with Crippen LogP contribution in [0, 0.1) is 17.1 Å². The van der Waals surface area contributed by atoms with Gasteiger partial charge in [-0.2, -0.15) is 5.26 Å². The highest BCUT2D eigenvalue weighted by Gasteiger charge is 2.10. The number of halogens is 1. The molecule has 0 saturated carbocycles. The highest BCUT2D eigenvalue weighted by atomic mass is 19.1. The van der Waals surface area contributed by atoms with E-state index in [2.05, 4.69) is 11.1 Å². The smallest absolute Gasteiger partial charge is 0.165 e. The lowest BCUT2D eigenvalue weighted by Gasteiger charge is -2.13. The van der Waals surface area contributed by atoms with E-state index in [0.29, 0.717) is 22.5 Å². The maximum Gasteiger partial charge on any atom is 0.165 e. The molecule has 1 aromatic heterocycles. The van der Waals surface area contributed by atoms with Crippen molar-refractivity contribution in [2.24, 2.45) is 0 Å². The Morgan fingerprint density at radius 1 is 1.25 bits per heavy atom. The zero-order valence-corrected chi connectivity index (χ0v) is 11.5. The lowest BCUT2D eigenvalue weighted by atomic mass is 10.1. The fourth-order valence-electron chi connectivity index (χ4n) is 1.90. The molecule has 0 saturated heterocycles. The molecule has 2 rings (SSSR count). The van der Waals surface area contributed by atoms with E-state index in [1.54, 1.807) is 29.3 Å². The maximum atomic E-state index is 13.7. The number of nitrogens with zero attached hydrogens (tertiary/aromatic N) is 3. The van der Waals surface area contributed by atoms with E-state index < -0.39 is 5.82 Å². The van der Waals surface area contributed by atoms with Crippen molar-refractivity contribution >= 4 is 5.82 Å². The van der Waals surface area contributed by atoms with Gasteiger partial charge in [0.25, 0.3) is 0 Å². The zero-order chi connectivity index (χ0) is 14.7. The van der Waals surface area contributed by atoms with E-state index in [1.807, 2.05) is 14.1 Å². The van der Waals surface area contributed by atoms with E-state index in [-0.39, 0.29) is 5.75 Å². The van der Waals surface area contributed by atoms with Gasteiger partial charge in [-0.15, -0.1) is 0 Å². The molecular weight excluding hydrogens is 257 g/mol. The normalized spacial score (nSPS) is 9.95. The SMILES string of the molecule is COc1ccc(-c2cnc(N(C)C)c(C#N)c2)cc1F. The van der Waals surface area contributed by atoms with Crippen molar-refractivity contribution in [2.75, 3.05) is 26.1 Å². The van der Waals surface area contributed by atoms with Gasteiger partial charge in [0.05, 0.1) is 12.7 Å². The highest BCUT2D eigenvalue weighted by molar-refractivity contribution is 5.68. The Labute approximate surface area is 117 Å². The van der Waals surface area contributed by atoms with Crippen molar-refractivity contribution in [3.63, 3.8) is 0 Å². The molecule has 0 aliphatic heterocycles. The molecule has 0 N–H and O–H groups in total. The number of methoxy groups -OCH3 is 1. The van der Waals surface area contributed by atoms with E-state index in [4.69, 9.17) is 10.00 Å². The summed E-state index contributed by atoms with van der Waals surface area (Å²) in [4.78, 5) is 6.01. The zero-order valence-electron chi connectivity index (χ0n) is 11.5. The van der Waals surface area contributed by atoms with Crippen LogP contribution < -0.4 is 9.64 Å². The third-order valence-electron chi connectivity index (χ3n) is 2.90. The van der Waals surface area contributed by atoms with Gasteiger partial charge in [0.15, 0.2) is 11.6 Å². The summed E-state index contributed by atoms with van der Waals surface area (Å²) in [5.41, 5.74) is 1.79. The first-order chi connectivity index (χ1) is 9.56. The minimum absolute atomic E-state index is 0.187. The van der Waals surface area contributed by atoms with Gasteiger partial charge in [-0.1, -0.05) is 6.07 Å².